The quantitative estimate of drug-likeness (QED) is 0.355. The molecule has 1 N–H and O–H groups in total. The van der Waals surface area contributed by atoms with E-state index in [9.17, 15) is 14.9 Å². The van der Waals surface area contributed by atoms with Gasteiger partial charge in [0.05, 0.1) is 30.5 Å². The van der Waals surface area contributed by atoms with Crippen LogP contribution in [0.25, 0.3) is 16.9 Å². The zero-order valence-electron chi connectivity index (χ0n) is 17.7. The number of carbonyl (C=O) groups excluding carboxylic acids is 1. The number of nitrogens with one attached hydrogen (secondary N) is 1. The van der Waals surface area contributed by atoms with Gasteiger partial charge < -0.3 is 19.2 Å². The molecular formula is C23H20N4O5. The molecule has 9 nitrogen and oxygen atoms in total. The molecule has 1 amide bonds. The summed E-state index contributed by atoms with van der Waals surface area (Å²) in [6.45, 7) is 1.95. The molecule has 4 rings (SSSR count). The van der Waals surface area contributed by atoms with E-state index < -0.39 is 10.8 Å². The van der Waals surface area contributed by atoms with E-state index >= 15 is 0 Å². The van der Waals surface area contributed by atoms with Crippen molar-refractivity contribution in [1.29, 1.82) is 0 Å². The van der Waals surface area contributed by atoms with Gasteiger partial charge in [-0.05, 0) is 49.4 Å². The average molecular weight is 432 g/mol. The minimum absolute atomic E-state index is 0.0210. The van der Waals surface area contributed by atoms with Gasteiger partial charge in [-0.25, -0.2) is 4.98 Å². The Morgan fingerprint density at radius 3 is 2.47 bits per heavy atom. The van der Waals surface area contributed by atoms with E-state index in [1.165, 1.54) is 25.3 Å². The highest BCUT2D eigenvalue weighted by atomic mass is 16.6. The van der Waals surface area contributed by atoms with Crippen LogP contribution in [-0.2, 0) is 0 Å². The molecular weight excluding hydrogens is 412 g/mol. The van der Waals surface area contributed by atoms with Crippen molar-refractivity contribution in [1.82, 2.24) is 9.38 Å². The molecule has 0 aliphatic heterocycles. The molecule has 162 valence electrons. The lowest BCUT2D eigenvalue weighted by atomic mass is 10.1. The first-order chi connectivity index (χ1) is 15.4. The number of pyridine rings is 1. The largest absolute Gasteiger partial charge is 0.497 e. The second-order valence-corrected chi connectivity index (χ2v) is 7.02. The van der Waals surface area contributed by atoms with Crippen LogP contribution in [0.5, 0.6) is 11.5 Å². The van der Waals surface area contributed by atoms with Gasteiger partial charge in [-0.3, -0.25) is 14.9 Å². The topological polar surface area (TPSA) is 108 Å². The van der Waals surface area contributed by atoms with Gasteiger partial charge in [0.2, 0.25) is 0 Å². The molecule has 0 fully saturated rings. The van der Waals surface area contributed by atoms with Crippen molar-refractivity contribution in [3.8, 4) is 22.8 Å². The molecule has 0 spiro atoms. The predicted octanol–water partition coefficient (Wildman–Crippen LogP) is 4.49. The zero-order chi connectivity index (χ0) is 22.8. The van der Waals surface area contributed by atoms with E-state index in [1.807, 2.05) is 41.7 Å². The number of benzene rings is 2. The normalized spacial score (nSPS) is 10.7. The number of nitro benzene ring substituents is 1. The van der Waals surface area contributed by atoms with Crippen molar-refractivity contribution in [2.45, 2.75) is 6.92 Å². The second-order valence-electron chi connectivity index (χ2n) is 7.02. The highest BCUT2D eigenvalue weighted by Crippen LogP contribution is 2.29. The van der Waals surface area contributed by atoms with E-state index in [-0.39, 0.29) is 17.0 Å². The zero-order valence-corrected chi connectivity index (χ0v) is 17.7. The summed E-state index contributed by atoms with van der Waals surface area (Å²) in [6.07, 6.45) is 1.78. The Labute approximate surface area is 183 Å². The van der Waals surface area contributed by atoms with Crippen LogP contribution < -0.4 is 14.8 Å². The first-order valence-electron chi connectivity index (χ1n) is 9.68. The van der Waals surface area contributed by atoms with Crippen LogP contribution in [0.1, 0.15) is 16.1 Å². The first-order valence-corrected chi connectivity index (χ1v) is 9.68. The van der Waals surface area contributed by atoms with Crippen LogP contribution in [0.2, 0.25) is 0 Å². The molecule has 0 unspecified atom stereocenters. The van der Waals surface area contributed by atoms with E-state index in [0.29, 0.717) is 5.69 Å². The number of nitrogens with zero attached hydrogens (tertiary/aromatic N) is 3. The van der Waals surface area contributed by atoms with Crippen LogP contribution in [0, 0.1) is 17.0 Å². The monoisotopic (exact) mass is 432 g/mol. The first kappa shape index (κ1) is 20.9. The summed E-state index contributed by atoms with van der Waals surface area (Å²) < 4.78 is 12.1. The van der Waals surface area contributed by atoms with Gasteiger partial charge in [0, 0.05) is 35.2 Å². The number of aromatic nitrogens is 2. The second kappa shape index (κ2) is 8.38. The fourth-order valence-corrected chi connectivity index (χ4v) is 3.43. The Kier molecular flexibility index (Phi) is 5.46. The molecule has 0 saturated heterocycles. The van der Waals surface area contributed by atoms with Gasteiger partial charge in [0.1, 0.15) is 11.4 Å². The molecule has 0 saturated carbocycles. The molecule has 2 heterocycles. The Hall–Kier alpha value is -4.40. The highest BCUT2D eigenvalue weighted by molar-refractivity contribution is 6.04. The fourth-order valence-electron chi connectivity index (χ4n) is 3.43. The molecule has 0 aliphatic carbocycles. The van der Waals surface area contributed by atoms with Crippen molar-refractivity contribution in [3.63, 3.8) is 0 Å². The van der Waals surface area contributed by atoms with Crippen LogP contribution in [0.3, 0.4) is 0 Å². The summed E-state index contributed by atoms with van der Waals surface area (Å²) in [4.78, 5) is 27.9. The number of imidazole rings is 1. The number of hydrogen-bond acceptors (Lipinski definition) is 6. The number of aryl methyl sites for hydroxylation is 1. The van der Waals surface area contributed by atoms with E-state index in [4.69, 9.17) is 14.5 Å². The van der Waals surface area contributed by atoms with Crippen LogP contribution >= 0.6 is 0 Å². The third-order valence-electron chi connectivity index (χ3n) is 5.12. The summed E-state index contributed by atoms with van der Waals surface area (Å²) in [5.41, 5.74) is 4.04. The molecule has 4 aromatic rings. The maximum Gasteiger partial charge on any atom is 0.310 e. The summed E-state index contributed by atoms with van der Waals surface area (Å²) in [5, 5.41) is 13.9. The minimum atomic E-state index is -0.559. The fraction of sp³-hybridized carbons (Fsp3) is 0.130. The summed E-state index contributed by atoms with van der Waals surface area (Å²) in [7, 11) is 2.94. The molecule has 0 atom stereocenters. The Balaban J connectivity index is 1.62. The molecule has 32 heavy (non-hydrogen) atoms. The smallest absolute Gasteiger partial charge is 0.310 e. The number of rotatable bonds is 6. The lowest BCUT2D eigenvalue weighted by molar-refractivity contribution is -0.385. The molecule has 9 heteroatoms. The number of amides is 1. The van der Waals surface area contributed by atoms with Gasteiger partial charge >= 0.3 is 5.69 Å². The minimum Gasteiger partial charge on any atom is -0.497 e. The molecule has 2 aromatic heterocycles. The summed E-state index contributed by atoms with van der Waals surface area (Å²) in [5.74, 6) is 0.376. The molecule has 0 radical (unpaired) electrons. The van der Waals surface area contributed by atoms with Crippen molar-refractivity contribution in [2.75, 3.05) is 19.5 Å². The van der Waals surface area contributed by atoms with Gasteiger partial charge in [0.15, 0.2) is 5.75 Å². The van der Waals surface area contributed by atoms with Gasteiger partial charge in [-0.2, -0.15) is 0 Å². The maximum absolute atomic E-state index is 12.7. The van der Waals surface area contributed by atoms with Crippen LogP contribution in [-0.4, -0.2) is 34.4 Å². The number of nitro groups is 1. The Morgan fingerprint density at radius 2 is 1.81 bits per heavy atom. The van der Waals surface area contributed by atoms with Crippen molar-refractivity contribution in [3.05, 3.63) is 82.2 Å². The van der Waals surface area contributed by atoms with Gasteiger partial charge in [0.25, 0.3) is 5.91 Å². The Bertz CT molecular complexity index is 1330. The number of hydrogen-bond donors (Lipinski definition) is 1. The number of carbonyl (C=O) groups is 1. The molecule has 2 aromatic carbocycles. The van der Waals surface area contributed by atoms with E-state index in [1.54, 1.807) is 19.4 Å². The third kappa shape index (κ3) is 3.83. The Morgan fingerprint density at radius 1 is 1.06 bits per heavy atom. The highest BCUT2D eigenvalue weighted by Gasteiger charge is 2.18. The van der Waals surface area contributed by atoms with Gasteiger partial charge in [-0.15, -0.1) is 0 Å². The molecule has 0 aliphatic rings. The maximum atomic E-state index is 12.7. The predicted molar refractivity (Wildman–Crippen MR) is 120 cm³/mol. The summed E-state index contributed by atoms with van der Waals surface area (Å²) >= 11 is 0. The lowest BCUT2D eigenvalue weighted by Gasteiger charge is -2.08. The molecule has 0 bridgehead atoms. The van der Waals surface area contributed by atoms with Gasteiger partial charge in [-0.1, -0.05) is 0 Å². The number of methoxy groups -OCH3 is 2. The third-order valence-corrected chi connectivity index (χ3v) is 5.12. The van der Waals surface area contributed by atoms with Crippen molar-refractivity contribution in [2.24, 2.45) is 0 Å². The lowest BCUT2D eigenvalue weighted by Crippen LogP contribution is -2.12. The van der Waals surface area contributed by atoms with Crippen LogP contribution in [0.15, 0.2) is 60.8 Å². The SMILES string of the molecule is COc1ccc(-c2nc3ccc(NC(=O)c4ccc([N+](=O)[O-])c(OC)c4)cn3c2C)cc1. The standard InChI is InChI=1S/C23H20N4O5/c1-14-22(15-4-8-18(31-2)9-5-15)25-21-11-7-17(13-26(14)21)24-23(28)16-6-10-19(27(29)30)20(12-16)32-3/h4-13H,1-3H3,(H,24,28). The van der Waals surface area contributed by atoms with Crippen molar-refractivity contribution >= 4 is 22.9 Å². The van der Waals surface area contributed by atoms with E-state index in [2.05, 4.69) is 5.32 Å². The summed E-state index contributed by atoms with van der Waals surface area (Å²) in [6, 6.07) is 15.2. The van der Waals surface area contributed by atoms with Crippen LogP contribution in [0.4, 0.5) is 11.4 Å². The number of anilines is 1. The average Bonchev–Trinajstić information content (AvgIpc) is 3.14. The number of ether oxygens (including phenoxy) is 2. The van der Waals surface area contributed by atoms with E-state index in [0.717, 1.165) is 28.3 Å². The van der Waals surface area contributed by atoms with Crippen molar-refractivity contribution < 1.29 is 19.2 Å². The number of fused-ring (bicyclic) bond motifs is 1.